The van der Waals surface area contributed by atoms with Crippen molar-refractivity contribution in [3.63, 3.8) is 0 Å². The van der Waals surface area contributed by atoms with Crippen molar-refractivity contribution in [3.05, 3.63) is 11.5 Å². The predicted molar refractivity (Wildman–Crippen MR) is 48.7 cm³/mol. The first-order chi connectivity index (χ1) is 6.11. The molecule has 1 saturated heterocycles. The maximum absolute atomic E-state index is 11.4. The van der Waals surface area contributed by atoms with Gasteiger partial charge in [-0.25, -0.2) is 4.79 Å². The maximum Gasteiger partial charge on any atom is 0.328 e. The molecule has 13 heavy (non-hydrogen) atoms. The largest absolute Gasteiger partial charge is 0.478 e. The molecule has 0 aliphatic carbocycles. The Hall–Kier alpha value is -0.680. The maximum atomic E-state index is 11.4. The van der Waals surface area contributed by atoms with Gasteiger partial charge in [0.05, 0.1) is 22.2 Å². The van der Waals surface area contributed by atoms with Gasteiger partial charge in [-0.05, 0) is 13.3 Å². The minimum atomic E-state index is -1.23. The van der Waals surface area contributed by atoms with Gasteiger partial charge >= 0.3 is 5.97 Å². The number of carbonyl (C=O) groups is 1. The van der Waals surface area contributed by atoms with Crippen molar-refractivity contribution in [2.24, 2.45) is 0 Å². The molecule has 0 radical (unpaired) electrons. The molecular weight excluding hydrogens is 192 g/mol. The Morgan fingerprint density at radius 2 is 2.38 bits per heavy atom. The number of carboxylic acids is 1. The molecule has 1 aliphatic rings. The summed E-state index contributed by atoms with van der Waals surface area (Å²) in [6.07, 6.45) is 1.61. The Morgan fingerprint density at radius 1 is 1.69 bits per heavy atom. The van der Waals surface area contributed by atoms with Crippen molar-refractivity contribution in [3.8, 4) is 0 Å². The molecular formula is C8H12O4S. The van der Waals surface area contributed by atoms with Crippen LogP contribution in [0.3, 0.4) is 0 Å². The normalized spacial score (nSPS) is 30.8. The van der Waals surface area contributed by atoms with Crippen LogP contribution >= 0.6 is 0 Å². The van der Waals surface area contributed by atoms with Gasteiger partial charge in [0.15, 0.2) is 0 Å². The van der Waals surface area contributed by atoms with Gasteiger partial charge in [-0.1, -0.05) is 0 Å². The minimum absolute atomic E-state index is 0.0423. The first-order valence-corrected chi connectivity index (χ1v) is 5.31. The zero-order valence-electron chi connectivity index (χ0n) is 7.30. The SMILES string of the molecule is CC1OCCC1S(=O)/C=C/C(=O)O. The molecule has 0 aromatic rings. The molecule has 1 N–H and O–H groups in total. The third kappa shape index (κ3) is 2.93. The molecule has 0 spiro atoms. The fraction of sp³-hybridized carbons (Fsp3) is 0.625. The van der Waals surface area contributed by atoms with E-state index in [4.69, 9.17) is 9.84 Å². The average Bonchev–Trinajstić information content (AvgIpc) is 2.47. The lowest BCUT2D eigenvalue weighted by Crippen LogP contribution is -2.21. The van der Waals surface area contributed by atoms with E-state index in [1.54, 1.807) is 0 Å². The van der Waals surface area contributed by atoms with E-state index < -0.39 is 16.8 Å². The zero-order chi connectivity index (χ0) is 9.84. The quantitative estimate of drug-likeness (QED) is 0.680. The molecule has 0 aromatic carbocycles. The Kier molecular flexibility index (Phi) is 3.62. The van der Waals surface area contributed by atoms with Crippen LogP contribution < -0.4 is 0 Å². The van der Waals surface area contributed by atoms with E-state index in [1.165, 1.54) is 5.41 Å². The van der Waals surface area contributed by atoms with Crippen LogP contribution in [0, 0.1) is 0 Å². The molecule has 1 rings (SSSR count). The van der Waals surface area contributed by atoms with Crippen molar-refractivity contribution in [2.45, 2.75) is 24.7 Å². The molecule has 1 fully saturated rings. The molecule has 3 atom stereocenters. The van der Waals surface area contributed by atoms with Crippen LogP contribution in [0.2, 0.25) is 0 Å². The first kappa shape index (κ1) is 10.4. The summed E-state index contributed by atoms with van der Waals surface area (Å²) in [6, 6.07) is 0. The van der Waals surface area contributed by atoms with Crippen molar-refractivity contribution < 1.29 is 18.8 Å². The molecule has 5 heteroatoms. The van der Waals surface area contributed by atoms with Crippen LogP contribution in [0.1, 0.15) is 13.3 Å². The van der Waals surface area contributed by atoms with Crippen molar-refractivity contribution in [2.75, 3.05) is 6.61 Å². The number of aliphatic carboxylic acids is 1. The van der Waals surface area contributed by atoms with Gasteiger partial charge in [-0.3, -0.25) is 4.21 Å². The molecule has 1 heterocycles. The van der Waals surface area contributed by atoms with Gasteiger partial charge in [-0.2, -0.15) is 0 Å². The molecule has 74 valence electrons. The standard InChI is InChI=1S/C8H12O4S/c1-6-7(2-4-12-6)13(11)5-3-8(9)10/h3,5-7H,2,4H2,1H3,(H,9,10)/b5-3+. The predicted octanol–water partition coefficient (Wildman–Crippen LogP) is 0.511. The van der Waals surface area contributed by atoms with Crippen molar-refractivity contribution in [1.82, 2.24) is 0 Å². The van der Waals surface area contributed by atoms with E-state index in [9.17, 15) is 9.00 Å². The van der Waals surface area contributed by atoms with E-state index in [2.05, 4.69) is 0 Å². The van der Waals surface area contributed by atoms with E-state index in [1.807, 2.05) is 6.92 Å². The van der Waals surface area contributed by atoms with Crippen LogP contribution in [-0.4, -0.2) is 33.2 Å². The summed E-state index contributed by atoms with van der Waals surface area (Å²) in [6.45, 7) is 2.46. The van der Waals surface area contributed by atoms with E-state index >= 15 is 0 Å². The van der Waals surface area contributed by atoms with Crippen LogP contribution in [0.4, 0.5) is 0 Å². The van der Waals surface area contributed by atoms with Gasteiger partial charge in [0.1, 0.15) is 0 Å². The third-order valence-corrected chi connectivity index (χ3v) is 3.57. The highest BCUT2D eigenvalue weighted by atomic mass is 32.2. The molecule has 0 aromatic heterocycles. The summed E-state index contributed by atoms with van der Waals surface area (Å²) in [5, 5.41) is 9.48. The number of hydrogen-bond acceptors (Lipinski definition) is 3. The zero-order valence-corrected chi connectivity index (χ0v) is 8.12. The summed E-state index contributed by atoms with van der Waals surface area (Å²) in [5.74, 6) is -1.07. The van der Waals surface area contributed by atoms with Crippen LogP contribution in [-0.2, 0) is 20.3 Å². The monoisotopic (exact) mass is 204 g/mol. The highest BCUT2D eigenvalue weighted by Crippen LogP contribution is 2.19. The Morgan fingerprint density at radius 3 is 2.85 bits per heavy atom. The van der Waals surface area contributed by atoms with Gasteiger partial charge < -0.3 is 9.84 Å². The van der Waals surface area contributed by atoms with Gasteiger partial charge in [-0.15, -0.1) is 0 Å². The van der Waals surface area contributed by atoms with Crippen molar-refractivity contribution in [1.29, 1.82) is 0 Å². The van der Waals surface area contributed by atoms with E-state index in [-0.39, 0.29) is 11.4 Å². The fourth-order valence-corrected chi connectivity index (χ4v) is 2.48. The van der Waals surface area contributed by atoms with Gasteiger partial charge in [0.25, 0.3) is 0 Å². The molecule has 0 saturated carbocycles. The lowest BCUT2D eigenvalue weighted by Gasteiger charge is -2.09. The minimum Gasteiger partial charge on any atom is -0.478 e. The summed E-state index contributed by atoms with van der Waals surface area (Å²) in [5.41, 5.74) is 0. The third-order valence-electron chi connectivity index (χ3n) is 1.95. The summed E-state index contributed by atoms with van der Waals surface area (Å²) in [7, 11) is -1.23. The Balaban J connectivity index is 2.52. The highest BCUT2D eigenvalue weighted by Gasteiger charge is 2.28. The first-order valence-electron chi connectivity index (χ1n) is 4.03. The number of carboxylic acid groups (broad SMARTS) is 1. The molecule has 4 nitrogen and oxygen atoms in total. The van der Waals surface area contributed by atoms with Crippen LogP contribution in [0.5, 0.6) is 0 Å². The second kappa shape index (κ2) is 4.53. The highest BCUT2D eigenvalue weighted by molar-refractivity contribution is 7.88. The lowest BCUT2D eigenvalue weighted by molar-refractivity contribution is -0.131. The van der Waals surface area contributed by atoms with Gasteiger partial charge in [0, 0.05) is 18.1 Å². The summed E-state index contributed by atoms with van der Waals surface area (Å²) in [4.78, 5) is 10.1. The lowest BCUT2D eigenvalue weighted by atomic mass is 10.3. The molecule has 0 bridgehead atoms. The number of hydrogen-bond donors (Lipinski definition) is 1. The smallest absolute Gasteiger partial charge is 0.328 e. The Labute approximate surface area is 79.0 Å². The van der Waals surface area contributed by atoms with Crippen molar-refractivity contribution >= 4 is 16.8 Å². The molecule has 1 aliphatic heterocycles. The number of rotatable bonds is 3. The van der Waals surface area contributed by atoms with Crippen LogP contribution in [0.15, 0.2) is 11.5 Å². The van der Waals surface area contributed by atoms with Gasteiger partial charge in [0.2, 0.25) is 0 Å². The second-order valence-electron chi connectivity index (χ2n) is 2.87. The fourth-order valence-electron chi connectivity index (χ4n) is 1.24. The van der Waals surface area contributed by atoms with E-state index in [0.717, 1.165) is 12.5 Å². The van der Waals surface area contributed by atoms with E-state index in [0.29, 0.717) is 6.61 Å². The van der Waals surface area contributed by atoms with Crippen LogP contribution in [0.25, 0.3) is 0 Å². The Bertz CT molecular complexity index is 249. The molecule has 3 unspecified atom stereocenters. The number of ether oxygens (including phenoxy) is 1. The topological polar surface area (TPSA) is 63.6 Å². The summed E-state index contributed by atoms with van der Waals surface area (Å²) < 4.78 is 16.7. The molecule has 0 amide bonds. The second-order valence-corrected chi connectivity index (χ2v) is 4.41. The summed E-state index contributed by atoms with van der Waals surface area (Å²) >= 11 is 0. The average molecular weight is 204 g/mol.